The number of hydrogen-bond acceptors (Lipinski definition) is 4. The van der Waals surface area contributed by atoms with Crippen LogP contribution < -0.4 is 10.6 Å². The highest BCUT2D eigenvalue weighted by Gasteiger charge is 2.17. The molecule has 1 aliphatic heterocycles. The molecule has 1 heterocycles. The van der Waals surface area contributed by atoms with Crippen molar-refractivity contribution in [2.45, 2.75) is 44.7 Å². The zero-order valence-electron chi connectivity index (χ0n) is 11.8. The first-order valence-electron chi connectivity index (χ1n) is 6.79. The maximum absolute atomic E-state index is 11.6. The van der Waals surface area contributed by atoms with Crippen molar-refractivity contribution in [3.63, 3.8) is 0 Å². The summed E-state index contributed by atoms with van der Waals surface area (Å²) in [6.07, 6.45) is 4.89. The highest BCUT2D eigenvalue weighted by molar-refractivity contribution is 7.89. The van der Waals surface area contributed by atoms with Crippen LogP contribution in [-0.4, -0.2) is 57.7 Å². The van der Waals surface area contributed by atoms with Gasteiger partial charge in [-0.1, -0.05) is 6.42 Å². The third kappa shape index (κ3) is 5.65. The highest BCUT2D eigenvalue weighted by Crippen LogP contribution is 2.11. The molecule has 0 spiro atoms. The summed E-state index contributed by atoms with van der Waals surface area (Å²) >= 11 is 0. The molecule has 1 aliphatic rings. The zero-order chi connectivity index (χ0) is 13.6. The van der Waals surface area contributed by atoms with Gasteiger partial charge in [-0.25, -0.2) is 12.7 Å². The molecule has 0 aromatic carbocycles. The average Bonchev–Trinajstić information content (AvgIpc) is 2.29. The minimum atomic E-state index is -3.07. The number of hydrogen-bond donors (Lipinski definition) is 2. The van der Waals surface area contributed by atoms with E-state index in [1.165, 1.54) is 23.6 Å². The van der Waals surface area contributed by atoms with Crippen molar-refractivity contribution in [1.82, 2.24) is 14.9 Å². The second-order valence-electron chi connectivity index (χ2n) is 5.34. The first-order valence-corrected chi connectivity index (χ1v) is 8.39. The number of nitrogens with one attached hydrogen (secondary N) is 2. The Balaban J connectivity index is 2.18. The van der Waals surface area contributed by atoms with Gasteiger partial charge < -0.3 is 10.6 Å². The van der Waals surface area contributed by atoms with Crippen LogP contribution in [-0.2, 0) is 10.0 Å². The number of nitrogens with zero attached hydrogens (tertiary/aromatic N) is 1. The summed E-state index contributed by atoms with van der Waals surface area (Å²) in [6, 6.07) is 0.949. The topological polar surface area (TPSA) is 61.4 Å². The molecule has 1 saturated heterocycles. The van der Waals surface area contributed by atoms with Crippen molar-refractivity contribution >= 4 is 10.0 Å². The summed E-state index contributed by atoms with van der Waals surface area (Å²) in [5.74, 6) is 0.169. The van der Waals surface area contributed by atoms with Crippen LogP contribution in [0.2, 0.25) is 0 Å². The predicted molar refractivity (Wildman–Crippen MR) is 75.2 cm³/mol. The SMILES string of the molecule is CC(CC1CCCCN1)NCCS(=O)(=O)N(C)C. The van der Waals surface area contributed by atoms with Gasteiger partial charge in [-0.05, 0) is 32.7 Å². The molecule has 0 radical (unpaired) electrons. The lowest BCUT2D eigenvalue weighted by molar-refractivity contribution is 0.347. The van der Waals surface area contributed by atoms with Crippen molar-refractivity contribution in [3.8, 4) is 0 Å². The molecule has 108 valence electrons. The molecule has 0 aliphatic carbocycles. The van der Waals surface area contributed by atoms with Crippen molar-refractivity contribution in [1.29, 1.82) is 0 Å². The van der Waals surface area contributed by atoms with Crippen LogP contribution in [0.4, 0.5) is 0 Å². The number of piperidine rings is 1. The van der Waals surface area contributed by atoms with Crippen LogP contribution in [0.5, 0.6) is 0 Å². The summed E-state index contributed by atoms with van der Waals surface area (Å²) in [6.45, 7) is 3.76. The Morgan fingerprint density at radius 2 is 2.11 bits per heavy atom. The zero-order valence-corrected chi connectivity index (χ0v) is 12.6. The molecule has 1 rings (SSSR count). The molecule has 0 amide bonds. The maximum atomic E-state index is 11.6. The van der Waals surface area contributed by atoms with E-state index in [-0.39, 0.29) is 5.75 Å². The average molecular weight is 277 g/mol. The van der Waals surface area contributed by atoms with Gasteiger partial charge in [0, 0.05) is 32.7 Å². The first-order chi connectivity index (χ1) is 8.42. The monoisotopic (exact) mass is 277 g/mol. The van der Waals surface area contributed by atoms with Gasteiger partial charge in [0.25, 0.3) is 0 Å². The molecule has 0 aromatic heterocycles. The molecule has 2 N–H and O–H groups in total. The van der Waals surface area contributed by atoms with Gasteiger partial charge in [0.2, 0.25) is 10.0 Å². The predicted octanol–water partition coefficient (Wildman–Crippen LogP) is 0.388. The Bertz CT molecular complexity index is 324. The second kappa shape index (κ2) is 7.43. The Labute approximate surface area is 111 Å². The van der Waals surface area contributed by atoms with Crippen LogP contribution >= 0.6 is 0 Å². The summed E-state index contributed by atoms with van der Waals surface area (Å²) in [4.78, 5) is 0. The van der Waals surface area contributed by atoms with Crippen molar-refractivity contribution in [2.75, 3.05) is 32.9 Å². The molecule has 2 atom stereocenters. The quantitative estimate of drug-likeness (QED) is 0.707. The Hall–Kier alpha value is -0.170. The second-order valence-corrected chi connectivity index (χ2v) is 7.64. The minimum absolute atomic E-state index is 0.169. The van der Waals surface area contributed by atoms with E-state index in [0.29, 0.717) is 18.6 Å². The van der Waals surface area contributed by atoms with Gasteiger partial charge in [0.15, 0.2) is 0 Å². The summed E-state index contributed by atoms with van der Waals surface area (Å²) in [5, 5.41) is 6.80. The van der Waals surface area contributed by atoms with Crippen LogP contribution in [0.15, 0.2) is 0 Å². The van der Waals surface area contributed by atoms with E-state index < -0.39 is 10.0 Å². The van der Waals surface area contributed by atoms with Crippen LogP contribution in [0.1, 0.15) is 32.6 Å². The van der Waals surface area contributed by atoms with Gasteiger partial charge in [-0.3, -0.25) is 0 Å². The fourth-order valence-electron chi connectivity index (χ4n) is 2.25. The van der Waals surface area contributed by atoms with Gasteiger partial charge in [0.05, 0.1) is 5.75 Å². The van der Waals surface area contributed by atoms with Crippen molar-refractivity contribution in [2.24, 2.45) is 0 Å². The fourth-order valence-corrected chi connectivity index (χ4v) is 2.99. The Morgan fingerprint density at radius 3 is 2.67 bits per heavy atom. The van der Waals surface area contributed by atoms with E-state index in [9.17, 15) is 8.42 Å². The van der Waals surface area contributed by atoms with E-state index in [4.69, 9.17) is 0 Å². The van der Waals surface area contributed by atoms with E-state index in [0.717, 1.165) is 13.0 Å². The van der Waals surface area contributed by atoms with E-state index >= 15 is 0 Å². The smallest absolute Gasteiger partial charge is 0.214 e. The van der Waals surface area contributed by atoms with Gasteiger partial charge >= 0.3 is 0 Å². The third-order valence-electron chi connectivity index (χ3n) is 3.46. The normalized spacial score (nSPS) is 23.2. The lowest BCUT2D eigenvalue weighted by Gasteiger charge is -2.26. The number of sulfonamides is 1. The minimum Gasteiger partial charge on any atom is -0.314 e. The molecule has 0 bridgehead atoms. The van der Waals surface area contributed by atoms with E-state index in [1.807, 2.05) is 0 Å². The highest BCUT2D eigenvalue weighted by atomic mass is 32.2. The molecule has 5 nitrogen and oxygen atoms in total. The summed E-state index contributed by atoms with van der Waals surface area (Å²) in [5.41, 5.74) is 0. The van der Waals surface area contributed by atoms with Crippen molar-refractivity contribution in [3.05, 3.63) is 0 Å². The van der Waals surface area contributed by atoms with Crippen LogP contribution in [0.3, 0.4) is 0 Å². The fraction of sp³-hybridized carbons (Fsp3) is 1.00. The van der Waals surface area contributed by atoms with E-state index in [2.05, 4.69) is 17.6 Å². The van der Waals surface area contributed by atoms with E-state index in [1.54, 1.807) is 14.1 Å². The Kier molecular flexibility index (Phi) is 6.55. The lowest BCUT2D eigenvalue weighted by atomic mass is 9.99. The van der Waals surface area contributed by atoms with Crippen LogP contribution in [0, 0.1) is 0 Å². The molecule has 2 unspecified atom stereocenters. The Morgan fingerprint density at radius 1 is 1.39 bits per heavy atom. The third-order valence-corrected chi connectivity index (χ3v) is 5.29. The molecule has 0 saturated carbocycles. The van der Waals surface area contributed by atoms with Gasteiger partial charge in [0.1, 0.15) is 0 Å². The van der Waals surface area contributed by atoms with Gasteiger partial charge in [-0.15, -0.1) is 0 Å². The molecular formula is C12H27N3O2S. The lowest BCUT2D eigenvalue weighted by Crippen LogP contribution is -2.41. The van der Waals surface area contributed by atoms with Crippen LogP contribution in [0.25, 0.3) is 0 Å². The van der Waals surface area contributed by atoms with Crippen molar-refractivity contribution < 1.29 is 8.42 Å². The number of rotatable bonds is 7. The first kappa shape index (κ1) is 15.9. The van der Waals surface area contributed by atoms with Gasteiger partial charge in [-0.2, -0.15) is 0 Å². The largest absolute Gasteiger partial charge is 0.314 e. The molecule has 18 heavy (non-hydrogen) atoms. The summed E-state index contributed by atoms with van der Waals surface area (Å²) in [7, 11) is 0.0765. The maximum Gasteiger partial charge on any atom is 0.214 e. The summed E-state index contributed by atoms with van der Waals surface area (Å²) < 4.78 is 24.4. The molecule has 0 aromatic rings. The molecular weight excluding hydrogens is 250 g/mol. The molecule has 6 heteroatoms. The standard InChI is InChI=1S/C12H27N3O2S/c1-11(10-12-6-4-5-7-14-12)13-8-9-18(16,17)15(2)3/h11-14H,4-10H2,1-3H3. The molecule has 1 fully saturated rings.